The first-order valence-electron chi connectivity index (χ1n) is 10.4. The normalized spacial score (nSPS) is 11.7. The van der Waals surface area contributed by atoms with Gasteiger partial charge < -0.3 is 15.0 Å². The summed E-state index contributed by atoms with van der Waals surface area (Å²) >= 11 is 6.11. The monoisotopic (exact) mass is 438 g/mol. The van der Waals surface area contributed by atoms with E-state index >= 15 is 0 Å². The lowest BCUT2D eigenvalue weighted by Gasteiger charge is -2.29. The fourth-order valence-electron chi connectivity index (χ4n) is 3.35. The summed E-state index contributed by atoms with van der Waals surface area (Å²) in [7, 11) is 0. The van der Waals surface area contributed by atoms with Crippen LogP contribution in [0.25, 0.3) is 10.8 Å². The molecule has 0 fully saturated rings. The topological polar surface area (TPSA) is 58.6 Å². The van der Waals surface area contributed by atoms with Crippen molar-refractivity contribution in [2.75, 3.05) is 13.2 Å². The van der Waals surface area contributed by atoms with E-state index in [0.29, 0.717) is 17.3 Å². The van der Waals surface area contributed by atoms with Gasteiger partial charge in [0.2, 0.25) is 5.91 Å². The molecule has 3 aromatic rings. The van der Waals surface area contributed by atoms with Crippen LogP contribution in [0.2, 0.25) is 5.02 Å². The standard InChI is InChI=1S/C25H27ClN2O3/c1-3-14-27-25(30)18(2)28(16-19-8-6-11-21(26)15-19)24(29)17-31-23-13-7-10-20-9-4-5-12-22(20)23/h4-13,15,18H,3,14,16-17H2,1-2H3,(H,27,30). The van der Waals surface area contributed by atoms with Crippen molar-refractivity contribution in [1.29, 1.82) is 0 Å². The molecular formula is C25H27ClN2O3. The van der Waals surface area contributed by atoms with E-state index in [1.807, 2.05) is 61.5 Å². The molecule has 162 valence electrons. The molecule has 2 amide bonds. The number of nitrogens with zero attached hydrogens (tertiary/aromatic N) is 1. The zero-order chi connectivity index (χ0) is 22.2. The van der Waals surface area contributed by atoms with E-state index in [0.717, 1.165) is 22.8 Å². The molecule has 3 rings (SSSR count). The number of halogens is 1. The molecule has 1 N–H and O–H groups in total. The molecule has 0 heterocycles. The second kappa shape index (κ2) is 10.8. The van der Waals surface area contributed by atoms with Crippen molar-refractivity contribution < 1.29 is 14.3 Å². The summed E-state index contributed by atoms with van der Waals surface area (Å²) in [5.74, 6) is 0.173. The van der Waals surface area contributed by atoms with E-state index < -0.39 is 6.04 Å². The number of carbonyl (C=O) groups excluding carboxylic acids is 2. The molecule has 5 nitrogen and oxygen atoms in total. The Labute approximate surface area is 188 Å². The Hall–Kier alpha value is -3.05. The lowest BCUT2D eigenvalue weighted by molar-refractivity contribution is -0.142. The minimum atomic E-state index is -0.644. The summed E-state index contributed by atoms with van der Waals surface area (Å²) in [5, 5.41) is 5.42. The second-order valence-corrected chi connectivity index (χ2v) is 7.82. The van der Waals surface area contributed by atoms with Gasteiger partial charge in [0, 0.05) is 23.5 Å². The van der Waals surface area contributed by atoms with Crippen LogP contribution in [0.3, 0.4) is 0 Å². The van der Waals surface area contributed by atoms with Crippen molar-refractivity contribution in [2.24, 2.45) is 0 Å². The van der Waals surface area contributed by atoms with Gasteiger partial charge >= 0.3 is 0 Å². The van der Waals surface area contributed by atoms with Gasteiger partial charge in [0.05, 0.1) is 0 Å². The molecule has 0 aliphatic rings. The molecule has 0 bridgehead atoms. The van der Waals surface area contributed by atoms with Crippen molar-refractivity contribution in [3.63, 3.8) is 0 Å². The molecule has 6 heteroatoms. The first-order chi connectivity index (χ1) is 15.0. The van der Waals surface area contributed by atoms with Crippen LogP contribution in [0.5, 0.6) is 5.75 Å². The Bertz CT molecular complexity index is 1050. The molecule has 0 aliphatic heterocycles. The number of nitrogens with one attached hydrogen (secondary N) is 1. The van der Waals surface area contributed by atoms with Gasteiger partial charge in [0.25, 0.3) is 5.91 Å². The van der Waals surface area contributed by atoms with E-state index in [4.69, 9.17) is 16.3 Å². The van der Waals surface area contributed by atoms with Crippen LogP contribution in [0.4, 0.5) is 0 Å². The maximum atomic E-state index is 13.1. The molecular weight excluding hydrogens is 412 g/mol. The van der Waals surface area contributed by atoms with Crippen LogP contribution in [-0.2, 0) is 16.1 Å². The van der Waals surface area contributed by atoms with Crippen LogP contribution < -0.4 is 10.1 Å². The number of carbonyl (C=O) groups is 2. The predicted molar refractivity (Wildman–Crippen MR) is 124 cm³/mol. The molecule has 0 aliphatic carbocycles. The first kappa shape index (κ1) is 22.6. The Kier molecular flexibility index (Phi) is 7.90. The van der Waals surface area contributed by atoms with Gasteiger partial charge in [-0.05, 0) is 42.5 Å². The lowest BCUT2D eigenvalue weighted by atomic mass is 10.1. The second-order valence-electron chi connectivity index (χ2n) is 7.38. The van der Waals surface area contributed by atoms with E-state index in [2.05, 4.69) is 5.32 Å². The highest BCUT2D eigenvalue weighted by molar-refractivity contribution is 6.30. The first-order valence-corrected chi connectivity index (χ1v) is 10.8. The largest absolute Gasteiger partial charge is 0.483 e. The summed E-state index contributed by atoms with van der Waals surface area (Å²) in [6, 6.07) is 20.2. The van der Waals surface area contributed by atoms with Crippen LogP contribution in [-0.4, -0.2) is 35.9 Å². The number of ether oxygens (including phenoxy) is 1. The van der Waals surface area contributed by atoms with Gasteiger partial charge in [-0.2, -0.15) is 0 Å². The summed E-state index contributed by atoms with van der Waals surface area (Å²) in [5.41, 5.74) is 0.848. The zero-order valence-corrected chi connectivity index (χ0v) is 18.6. The minimum Gasteiger partial charge on any atom is -0.483 e. The average Bonchev–Trinajstić information content (AvgIpc) is 2.79. The Balaban J connectivity index is 1.78. The highest BCUT2D eigenvalue weighted by Crippen LogP contribution is 2.25. The zero-order valence-electron chi connectivity index (χ0n) is 17.8. The SMILES string of the molecule is CCCNC(=O)C(C)N(Cc1cccc(Cl)c1)C(=O)COc1cccc2ccccc12. The van der Waals surface area contributed by atoms with Crippen molar-refractivity contribution in [3.05, 3.63) is 77.3 Å². The van der Waals surface area contributed by atoms with Gasteiger partial charge in [-0.25, -0.2) is 0 Å². The van der Waals surface area contributed by atoms with Crippen molar-refractivity contribution in [3.8, 4) is 5.75 Å². The number of fused-ring (bicyclic) bond motifs is 1. The van der Waals surface area contributed by atoms with Gasteiger partial charge in [-0.3, -0.25) is 9.59 Å². The van der Waals surface area contributed by atoms with Crippen LogP contribution in [0.15, 0.2) is 66.7 Å². The third-order valence-corrected chi connectivity index (χ3v) is 5.29. The molecule has 0 saturated heterocycles. The molecule has 31 heavy (non-hydrogen) atoms. The van der Waals surface area contributed by atoms with Crippen LogP contribution in [0.1, 0.15) is 25.8 Å². The minimum absolute atomic E-state index is 0.167. The van der Waals surface area contributed by atoms with Crippen LogP contribution >= 0.6 is 11.6 Å². The summed E-state index contributed by atoms with van der Waals surface area (Å²) in [6.45, 7) is 4.37. The van der Waals surface area contributed by atoms with E-state index in [-0.39, 0.29) is 25.0 Å². The molecule has 1 unspecified atom stereocenters. The Morgan fingerprint density at radius 3 is 2.58 bits per heavy atom. The maximum Gasteiger partial charge on any atom is 0.261 e. The van der Waals surface area contributed by atoms with Gasteiger partial charge in [-0.1, -0.05) is 67.1 Å². The third-order valence-electron chi connectivity index (χ3n) is 5.06. The highest BCUT2D eigenvalue weighted by Gasteiger charge is 2.26. The van der Waals surface area contributed by atoms with Gasteiger partial charge in [0.1, 0.15) is 11.8 Å². The van der Waals surface area contributed by atoms with E-state index in [9.17, 15) is 9.59 Å². The molecule has 0 aromatic heterocycles. The number of hydrogen-bond donors (Lipinski definition) is 1. The van der Waals surface area contributed by atoms with Crippen molar-refractivity contribution in [2.45, 2.75) is 32.9 Å². The summed E-state index contributed by atoms with van der Waals surface area (Å²) in [6.07, 6.45) is 0.824. The highest BCUT2D eigenvalue weighted by atomic mass is 35.5. The fourth-order valence-corrected chi connectivity index (χ4v) is 3.57. The molecule has 3 aromatic carbocycles. The van der Waals surface area contributed by atoms with Gasteiger partial charge in [0.15, 0.2) is 6.61 Å². The quantitative estimate of drug-likeness (QED) is 0.521. The predicted octanol–water partition coefficient (Wildman–Crippen LogP) is 4.82. The smallest absolute Gasteiger partial charge is 0.261 e. The number of amides is 2. The van der Waals surface area contributed by atoms with E-state index in [1.54, 1.807) is 19.1 Å². The fraction of sp³-hybridized carbons (Fsp3) is 0.280. The van der Waals surface area contributed by atoms with Crippen LogP contribution in [0, 0.1) is 0 Å². The number of benzene rings is 3. The average molecular weight is 439 g/mol. The lowest BCUT2D eigenvalue weighted by Crippen LogP contribution is -2.49. The number of rotatable bonds is 9. The summed E-state index contributed by atoms with van der Waals surface area (Å²) < 4.78 is 5.89. The molecule has 0 saturated carbocycles. The van der Waals surface area contributed by atoms with Crippen molar-refractivity contribution in [1.82, 2.24) is 10.2 Å². The molecule has 0 radical (unpaired) electrons. The summed E-state index contributed by atoms with van der Waals surface area (Å²) in [4.78, 5) is 27.3. The third kappa shape index (κ3) is 5.98. The molecule has 1 atom stereocenters. The Morgan fingerprint density at radius 1 is 1.06 bits per heavy atom. The maximum absolute atomic E-state index is 13.1. The molecule has 0 spiro atoms. The van der Waals surface area contributed by atoms with Gasteiger partial charge in [-0.15, -0.1) is 0 Å². The number of hydrogen-bond acceptors (Lipinski definition) is 3. The van der Waals surface area contributed by atoms with E-state index in [1.165, 1.54) is 4.90 Å². The Morgan fingerprint density at radius 2 is 1.81 bits per heavy atom. The van der Waals surface area contributed by atoms with Crippen molar-refractivity contribution >= 4 is 34.2 Å².